The number of halogens is 2. The van der Waals surface area contributed by atoms with Gasteiger partial charge in [-0.15, -0.1) is 11.3 Å². The molecule has 1 aromatic carbocycles. The van der Waals surface area contributed by atoms with E-state index < -0.39 is 11.6 Å². The van der Waals surface area contributed by atoms with Crippen molar-refractivity contribution >= 4 is 16.3 Å². The molecule has 1 aliphatic rings. The molecule has 0 aliphatic heterocycles. The molecule has 0 bridgehead atoms. The summed E-state index contributed by atoms with van der Waals surface area (Å²) in [6.45, 7) is 0. The molecule has 0 saturated heterocycles. The van der Waals surface area contributed by atoms with Crippen LogP contribution in [0.5, 0.6) is 0 Å². The number of benzene rings is 1. The monoisotopic (exact) mass is 280 g/mol. The summed E-state index contributed by atoms with van der Waals surface area (Å²) < 4.78 is 26.5. The Morgan fingerprint density at radius 2 is 1.74 bits per heavy atom. The third-order valence-corrected chi connectivity index (χ3v) is 4.56. The minimum atomic E-state index is -0.607. The van der Waals surface area contributed by atoms with Crippen molar-refractivity contribution < 1.29 is 8.78 Å². The van der Waals surface area contributed by atoms with Crippen LogP contribution in [0.1, 0.15) is 36.6 Å². The van der Waals surface area contributed by atoms with Gasteiger partial charge in [-0.25, -0.2) is 13.8 Å². The molecule has 2 N–H and O–H groups in total. The molecule has 0 amide bonds. The third-order valence-electron chi connectivity index (χ3n) is 3.51. The number of aromatic nitrogens is 1. The predicted molar refractivity (Wildman–Crippen MR) is 73.1 cm³/mol. The highest BCUT2D eigenvalue weighted by atomic mass is 32.1. The summed E-state index contributed by atoms with van der Waals surface area (Å²) in [5, 5.41) is 1.53. The second-order valence-electron chi connectivity index (χ2n) is 4.90. The number of rotatable bonds is 2. The zero-order valence-corrected chi connectivity index (χ0v) is 11.1. The van der Waals surface area contributed by atoms with E-state index in [0.717, 1.165) is 23.9 Å². The van der Waals surface area contributed by atoms with E-state index in [2.05, 4.69) is 4.98 Å². The van der Waals surface area contributed by atoms with Crippen LogP contribution >= 0.6 is 11.3 Å². The van der Waals surface area contributed by atoms with E-state index in [4.69, 9.17) is 5.73 Å². The van der Waals surface area contributed by atoms with Gasteiger partial charge < -0.3 is 5.73 Å². The topological polar surface area (TPSA) is 38.9 Å². The number of nitrogen functional groups attached to an aromatic ring is 1. The van der Waals surface area contributed by atoms with E-state index in [1.165, 1.54) is 36.3 Å². The molecule has 0 atom stereocenters. The largest absolute Gasteiger partial charge is 0.389 e. The van der Waals surface area contributed by atoms with Crippen LogP contribution in [0.2, 0.25) is 0 Å². The van der Waals surface area contributed by atoms with Crippen LogP contribution < -0.4 is 5.73 Å². The molecule has 5 heteroatoms. The van der Waals surface area contributed by atoms with Gasteiger partial charge in [0.15, 0.2) is 0 Å². The Morgan fingerprint density at radius 1 is 1.11 bits per heavy atom. The summed E-state index contributed by atoms with van der Waals surface area (Å²) >= 11 is 1.44. The second kappa shape index (κ2) is 4.89. The van der Waals surface area contributed by atoms with Gasteiger partial charge in [0.1, 0.15) is 22.3 Å². The van der Waals surface area contributed by atoms with Crippen molar-refractivity contribution in [2.45, 2.75) is 31.6 Å². The van der Waals surface area contributed by atoms with Crippen LogP contribution in [0.3, 0.4) is 0 Å². The van der Waals surface area contributed by atoms with Crippen molar-refractivity contribution in [1.29, 1.82) is 0 Å². The van der Waals surface area contributed by atoms with Gasteiger partial charge in [-0.2, -0.15) is 0 Å². The molecule has 3 rings (SSSR count). The fourth-order valence-electron chi connectivity index (χ4n) is 2.59. The standard InChI is InChI=1S/C14H14F2N2S/c15-10-5-9(6-11(16)7-10)12-13(17)19-14(18-12)8-3-1-2-4-8/h5-8H,1-4,17H2. The Hall–Kier alpha value is -1.49. The Kier molecular flexibility index (Phi) is 3.22. The normalized spacial score (nSPS) is 16.1. The molecule has 0 radical (unpaired) electrons. The molecular weight excluding hydrogens is 266 g/mol. The summed E-state index contributed by atoms with van der Waals surface area (Å²) in [4.78, 5) is 4.50. The van der Waals surface area contributed by atoms with Gasteiger partial charge >= 0.3 is 0 Å². The van der Waals surface area contributed by atoms with Crippen LogP contribution in [0.25, 0.3) is 11.3 Å². The Labute approximate surface area is 114 Å². The lowest BCUT2D eigenvalue weighted by Gasteiger charge is -2.02. The van der Waals surface area contributed by atoms with Gasteiger partial charge in [0.05, 0.1) is 5.01 Å². The summed E-state index contributed by atoms with van der Waals surface area (Å²) in [7, 11) is 0. The first-order valence-electron chi connectivity index (χ1n) is 6.36. The maximum atomic E-state index is 13.2. The van der Waals surface area contributed by atoms with E-state index >= 15 is 0 Å². The lowest BCUT2D eigenvalue weighted by atomic mass is 10.1. The van der Waals surface area contributed by atoms with E-state index in [1.807, 2.05) is 0 Å². The molecule has 1 aromatic heterocycles. The van der Waals surface area contributed by atoms with Crippen LogP contribution in [0, 0.1) is 11.6 Å². The maximum Gasteiger partial charge on any atom is 0.126 e. The number of nitrogens with zero attached hydrogens (tertiary/aromatic N) is 1. The highest BCUT2D eigenvalue weighted by molar-refractivity contribution is 7.16. The zero-order valence-electron chi connectivity index (χ0n) is 10.3. The number of hydrogen-bond acceptors (Lipinski definition) is 3. The highest BCUT2D eigenvalue weighted by Gasteiger charge is 2.22. The van der Waals surface area contributed by atoms with Crippen molar-refractivity contribution in [3.05, 3.63) is 34.8 Å². The minimum Gasteiger partial charge on any atom is -0.389 e. The molecule has 19 heavy (non-hydrogen) atoms. The van der Waals surface area contributed by atoms with E-state index in [0.29, 0.717) is 22.2 Å². The van der Waals surface area contributed by atoms with Gasteiger partial charge in [0.2, 0.25) is 0 Å². The van der Waals surface area contributed by atoms with E-state index in [9.17, 15) is 8.78 Å². The summed E-state index contributed by atoms with van der Waals surface area (Å²) in [6, 6.07) is 3.39. The van der Waals surface area contributed by atoms with Crippen LogP contribution in [0.4, 0.5) is 13.8 Å². The SMILES string of the molecule is Nc1sc(C2CCCC2)nc1-c1cc(F)cc(F)c1. The third kappa shape index (κ3) is 2.47. The molecule has 2 nitrogen and oxygen atoms in total. The van der Waals surface area contributed by atoms with Crippen LogP contribution in [-0.2, 0) is 0 Å². The first kappa shape index (κ1) is 12.5. The van der Waals surface area contributed by atoms with E-state index in [-0.39, 0.29) is 0 Å². The van der Waals surface area contributed by atoms with Gasteiger partial charge in [-0.05, 0) is 25.0 Å². The molecule has 1 heterocycles. The molecule has 0 unspecified atom stereocenters. The molecule has 1 saturated carbocycles. The van der Waals surface area contributed by atoms with Gasteiger partial charge in [0.25, 0.3) is 0 Å². The second-order valence-corrected chi connectivity index (χ2v) is 5.97. The number of hydrogen-bond donors (Lipinski definition) is 1. The molecular formula is C14H14F2N2S. The van der Waals surface area contributed by atoms with E-state index in [1.54, 1.807) is 0 Å². The Balaban J connectivity index is 2.00. The number of nitrogens with two attached hydrogens (primary N) is 1. The van der Waals surface area contributed by atoms with Crippen molar-refractivity contribution in [2.75, 3.05) is 5.73 Å². The Morgan fingerprint density at radius 3 is 2.37 bits per heavy atom. The molecule has 0 spiro atoms. The fraction of sp³-hybridized carbons (Fsp3) is 0.357. The zero-order chi connectivity index (χ0) is 13.4. The van der Waals surface area contributed by atoms with Gasteiger partial charge in [-0.1, -0.05) is 12.8 Å². The van der Waals surface area contributed by atoms with Gasteiger partial charge in [-0.3, -0.25) is 0 Å². The summed E-state index contributed by atoms with van der Waals surface area (Å²) in [5.74, 6) is -0.755. The number of anilines is 1. The molecule has 100 valence electrons. The Bertz CT molecular complexity index is 583. The quantitative estimate of drug-likeness (QED) is 0.889. The first-order valence-corrected chi connectivity index (χ1v) is 7.18. The maximum absolute atomic E-state index is 13.2. The number of thiazole rings is 1. The lowest BCUT2D eigenvalue weighted by molar-refractivity contribution is 0.584. The molecule has 1 fully saturated rings. The fourth-order valence-corrected chi connectivity index (χ4v) is 3.62. The van der Waals surface area contributed by atoms with Crippen molar-refractivity contribution in [1.82, 2.24) is 4.98 Å². The summed E-state index contributed by atoms with van der Waals surface area (Å²) in [5.41, 5.74) is 6.87. The minimum absolute atomic E-state index is 0.412. The van der Waals surface area contributed by atoms with Crippen LogP contribution in [0.15, 0.2) is 18.2 Å². The smallest absolute Gasteiger partial charge is 0.126 e. The van der Waals surface area contributed by atoms with Gasteiger partial charge in [0, 0.05) is 17.5 Å². The first-order chi connectivity index (χ1) is 9.13. The molecule has 2 aromatic rings. The van der Waals surface area contributed by atoms with Crippen LogP contribution in [-0.4, -0.2) is 4.98 Å². The van der Waals surface area contributed by atoms with Crippen molar-refractivity contribution in [2.24, 2.45) is 0 Å². The van der Waals surface area contributed by atoms with Crippen molar-refractivity contribution in [3.63, 3.8) is 0 Å². The lowest BCUT2D eigenvalue weighted by Crippen LogP contribution is -1.92. The molecule has 1 aliphatic carbocycles. The summed E-state index contributed by atoms with van der Waals surface area (Å²) in [6.07, 6.45) is 4.69. The van der Waals surface area contributed by atoms with Crippen molar-refractivity contribution in [3.8, 4) is 11.3 Å². The average Bonchev–Trinajstić information content (AvgIpc) is 2.95. The predicted octanol–water partition coefficient (Wildman–Crippen LogP) is 4.33. The average molecular weight is 280 g/mol. The highest BCUT2D eigenvalue weighted by Crippen LogP contribution is 2.40.